The van der Waals surface area contributed by atoms with Crippen molar-refractivity contribution in [2.45, 2.75) is 25.6 Å². The van der Waals surface area contributed by atoms with Crippen LogP contribution in [-0.4, -0.2) is 54.8 Å². The van der Waals surface area contributed by atoms with Crippen LogP contribution in [0.5, 0.6) is 0 Å². The highest BCUT2D eigenvalue weighted by molar-refractivity contribution is 6.31. The molecule has 1 aliphatic rings. The quantitative estimate of drug-likeness (QED) is 0.859. The molecule has 0 unspecified atom stereocenters. The zero-order valence-electron chi connectivity index (χ0n) is 12.3. The normalized spacial score (nSPS) is 22.2. The van der Waals surface area contributed by atoms with E-state index in [2.05, 4.69) is 20.5 Å². The van der Waals surface area contributed by atoms with Gasteiger partial charge in [0.05, 0.1) is 17.2 Å². The van der Waals surface area contributed by atoms with Crippen molar-refractivity contribution in [3.63, 3.8) is 0 Å². The third-order valence-electron chi connectivity index (χ3n) is 3.55. The van der Waals surface area contributed by atoms with Crippen LogP contribution in [0.25, 0.3) is 0 Å². The Balaban J connectivity index is 1.95. The molecule has 6 nitrogen and oxygen atoms in total. The molecule has 2 atom stereocenters. The highest BCUT2D eigenvalue weighted by atomic mass is 35.5. The summed E-state index contributed by atoms with van der Waals surface area (Å²) in [7, 11) is 1.67. The van der Waals surface area contributed by atoms with Gasteiger partial charge in [-0.3, -0.25) is 9.88 Å². The highest BCUT2D eigenvalue weighted by Crippen LogP contribution is 2.20. The molecule has 1 fully saturated rings. The first-order valence-corrected chi connectivity index (χ1v) is 7.39. The van der Waals surface area contributed by atoms with Gasteiger partial charge in [-0.1, -0.05) is 11.6 Å². The number of likely N-dealkylation sites (tertiary alicyclic amines) is 1. The lowest BCUT2D eigenvalue weighted by atomic mass is 10.2. The molecule has 1 aromatic rings. The molecule has 2 heterocycles. The summed E-state index contributed by atoms with van der Waals surface area (Å²) >= 11 is 6.13. The lowest BCUT2D eigenvalue weighted by Crippen LogP contribution is -2.47. The van der Waals surface area contributed by atoms with E-state index in [-0.39, 0.29) is 18.2 Å². The summed E-state index contributed by atoms with van der Waals surface area (Å²) in [5.41, 5.74) is 1.03. The van der Waals surface area contributed by atoms with Gasteiger partial charge in [0, 0.05) is 45.7 Å². The molecule has 1 aromatic heterocycles. The second-order valence-corrected chi connectivity index (χ2v) is 5.45. The number of methoxy groups -OCH3 is 1. The molecule has 2 amide bonds. The van der Waals surface area contributed by atoms with Gasteiger partial charge in [-0.2, -0.15) is 0 Å². The van der Waals surface area contributed by atoms with Crippen LogP contribution in [0.3, 0.4) is 0 Å². The number of nitrogens with one attached hydrogen (secondary N) is 2. The zero-order chi connectivity index (χ0) is 15.2. The molecule has 0 aliphatic carbocycles. The van der Waals surface area contributed by atoms with Crippen LogP contribution < -0.4 is 10.6 Å². The number of pyridine rings is 1. The molecule has 7 heteroatoms. The second-order valence-electron chi connectivity index (χ2n) is 5.05. The van der Waals surface area contributed by atoms with E-state index in [4.69, 9.17) is 16.3 Å². The number of hydrogen-bond acceptors (Lipinski definition) is 4. The van der Waals surface area contributed by atoms with Gasteiger partial charge in [0.2, 0.25) is 0 Å². The summed E-state index contributed by atoms with van der Waals surface area (Å²) in [5, 5.41) is 6.35. The number of rotatable bonds is 5. The lowest BCUT2D eigenvalue weighted by molar-refractivity contribution is 0.0911. The molecule has 0 bridgehead atoms. The third-order valence-corrected chi connectivity index (χ3v) is 3.89. The van der Waals surface area contributed by atoms with Crippen molar-refractivity contribution in [1.82, 2.24) is 20.5 Å². The zero-order valence-corrected chi connectivity index (χ0v) is 13.1. The van der Waals surface area contributed by atoms with Crippen molar-refractivity contribution in [3.8, 4) is 0 Å². The van der Waals surface area contributed by atoms with E-state index in [0.717, 1.165) is 25.2 Å². The number of amides is 2. The number of hydrogen-bond donors (Lipinski definition) is 2. The lowest BCUT2D eigenvalue weighted by Gasteiger charge is -2.18. The summed E-state index contributed by atoms with van der Waals surface area (Å²) in [6.07, 6.45) is 3.36. The number of carbonyl (C=O) groups excluding carboxylic acids is 1. The minimum absolute atomic E-state index is 0.0202. The highest BCUT2D eigenvalue weighted by Gasteiger charge is 2.33. The fourth-order valence-electron chi connectivity index (χ4n) is 2.51. The molecule has 0 radical (unpaired) electrons. The van der Waals surface area contributed by atoms with Crippen LogP contribution in [0, 0.1) is 0 Å². The molecule has 0 spiro atoms. The van der Waals surface area contributed by atoms with Crippen molar-refractivity contribution >= 4 is 17.6 Å². The second kappa shape index (κ2) is 7.59. The summed E-state index contributed by atoms with van der Waals surface area (Å²) in [6.45, 7) is 4.70. The van der Waals surface area contributed by atoms with E-state index >= 15 is 0 Å². The first-order chi connectivity index (χ1) is 10.1. The maximum absolute atomic E-state index is 11.7. The largest absolute Gasteiger partial charge is 0.378 e. The predicted octanol–water partition coefficient (Wildman–Crippen LogP) is 1.25. The molecule has 2 rings (SSSR count). The molecule has 21 heavy (non-hydrogen) atoms. The SMILES string of the molecule is CCNC(=O)N[C@@H]1CN(Cc2ccncc2Cl)C[C@@H]1OC. The van der Waals surface area contributed by atoms with E-state index in [0.29, 0.717) is 11.6 Å². The number of halogens is 1. The number of ether oxygens (including phenoxy) is 1. The first kappa shape index (κ1) is 16.0. The van der Waals surface area contributed by atoms with Gasteiger partial charge in [-0.15, -0.1) is 0 Å². The number of urea groups is 1. The maximum atomic E-state index is 11.7. The summed E-state index contributed by atoms with van der Waals surface area (Å²) in [6, 6.07) is 1.73. The van der Waals surface area contributed by atoms with Gasteiger partial charge in [0.1, 0.15) is 0 Å². The molecule has 1 aliphatic heterocycles. The van der Waals surface area contributed by atoms with Crippen molar-refractivity contribution in [1.29, 1.82) is 0 Å². The van der Waals surface area contributed by atoms with Gasteiger partial charge >= 0.3 is 6.03 Å². The Bertz CT molecular complexity index is 486. The fourth-order valence-corrected chi connectivity index (χ4v) is 2.69. The minimum atomic E-state index is -0.159. The van der Waals surface area contributed by atoms with Crippen LogP contribution in [0.15, 0.2) is 18.5 Å². The van der Waals surface area contributed by atoms with E-state index < -0.39 is 0 Å². The van der Waals surface area contributed by atoms with E-state index in [1.54, 1.807) is 19.5 Å². The number of carbonyl (C=O) groups is 1. The Morgan fingerprint density at radius 2 is 2.38 bits per heavy atom. The van der Waals surface area contributed by atoms with Gasteiger partial charge in [0.25, 0.3) is 0 Å². The van der Waals surface area contributed by atoms with Crippen LogP contribution in [0.1, 0.15) is 12.5 Å². The molecular formula is C14H21ClN4O2. The Labute approximate surface area is 129 Å². The van der Waals surface area contributed by atoms with E-state index in [1.165, 1.54) is 0 Å². The fraction of sp³-hybridized carbons (Fsp3) is 0.571. The maximum Gasteiger partial charge on any atom is 0.315 e. The Kier molecular flexibility index (Phi) is 5.78. The van der Waals surface area contributed by atoms with Gasteiger partial charge in [-0.25, -0.2) is 4.79 Å². The molecule has 2 N–H and O–H groups in total. The third kappa shape index (κ3) is 4.30. The van der Waals surface area contributed by atoms with Crippen LogP contribution >= 0.6 is 11.6 Å². The molecular weight excluding hydrogens is 292 g/mol. The molecule has 1 saturated heterocycles. The van der Waals surface area contributed by atoms with Crippen molar-refractivity contribution in [2.24, 2.45) is 0 Å². The molecule has 116 valence electrons. The molecule has 0 saturated carbocycles. The Morgan fingerprint density at radius 3 is 3.05 bits per heavy atom. The van der Waals surface area contributed by atoms with Crippen molar-refractivity contribution in [2.75, 3.05) is 26.7 Å². The Morgan fingerprint density at radius 1 is 1.57 bits per heavy atom. The number of nitrogens with zero attached hydrogens (tertiary/aromatic N) is 2. The molecule has 0 aromatic carbocycles. The first-order valence-electron chi connectivity index (χ1n) is 7.02. The average Bonchev–Trinajstić information content (AvgIpc) is 2.83. The van der Waals surface area contributed by atoms with Crippen LogP contribution in [-0.2, 0) is 11.3 Å². The Hall–Kier alpha value is -1.37. The predicted molar refractivity (Wildman–Crippen MR) is 81.3 cm³/mol. The number of aromatic nitrogens is 1. The van der Waals surface area contributed by atoms with Gasteiger partial charge in [0.15, 0.2) is 0 Å². The van der Waals surface area contributed by atoms with E-state index in [1.807, 2.05) is 13.0 Å². The summed E-state index contributed by atoms with van der Waals surface area (Å²) < 4.78 is 5.47. The van der Waals surface area contributed by atoms with Crippen molar-refractivity contribution < 1.29 is 9.53 Å². The smallest absolute Gasteiger partial charge is 0.315 e. The van der Waals surface area contributed by atoms with Crippen LogP contribution in [0.4, 0.5) is 4.79 Å². The summed E-state index contributed by atoms with van der Waals surface area (Å²) in [5.74, 6) is 0. The van der Waals surface area contributed by atoms with Crippen LogP contribution in [0.2, 0.25) is 5.02 Å². The monoisotopic (exact) mass is 312 g/mol. The minimum Gasteiger partial charge on any atom is -0.378 e. The van der Waals surface area contributed by atoms with E-state index in [9.17, 15) is 4.79 Å². The topological polar surface area (TPSA) is 66.5 Å². The van der Waals surface area contributed by atoms with Gasteiger partial charge in [-0.05, 0) is 18.6 Å². The summed E-state index contributed by atoms with van der Waals surface area (Å²) in [4.78, 5) is 17.9. The van der Waals surface area contributed by atoms with Crippen molar-refractivity contribution in [3.05, 3.63) is 29.0 Å². The standard InChI is InChI=1S/C14H21ClN4O2/c1-3-17-14(20)18-12-8-19(9-13(12)21-2)7-10-4-5-16-6-11(10)15/h4-6,12-13H,3,7-9H2,1-2H3,(H2,17,18,20)/t12-,13+/m1/s1. The average molecular weight is 313 g/mol. The van der Waals surface area contributed by atoms with Gasteiger partial charge < -0.3 is 15.4 Å².